The molecule has 1 unspecified atom stereocenters. The van der Waals surface area contributed by atoms with Gasteiger partial charge >= 0.3 is 6.03 Å². The number of rotatable bonds is 7. The number of benzene rings is 1. The lowest BCUT2D eigenvalue weighted by Crippen LogP contribution is -2.40. The minimum absolute atomic E-state index is 0.0657. The molecule has 130 valence electrons. The summed E-state index contributed by atoms with van der Waals surface area (Å²) in [5, 5.41) is 5.53. The molecule has 1 saturated heterocycles. The van der Waals surface area contributed by atoms with Crippen LogP contribution in [-0.4, -0.2) is 41.4 Å². The molecule has 1 aromatic carbocycles. The van der Waals surface area contributed by atoms with Crippen LogP contribution in [0.15, 0.2) is 30.3 Å². The average molecular weight is 331 g/mol. The smallest absolute Gasteiger partial charge is 0.325 e. The zero-order chi connectivity index (χ0) is 17.7. The van der Waals surface area contributed by atoms with Crippen molar-refractivity contribution >= 4 is 17.8 Å². The Bertz CT molecular complexity index is 613. The van der Waals surface area contributed by atoms with Crippen molar-refractivity contribution in [2.45, 2.75) is 45.1 Å². The highest BCUT2D eigenvalue weighted by Gasteiger charge is 2.43. The molecule has 2 N–H and O–H groups in total. The standard InChI is InChI=1S/C18H25N3O3/c1-13(14-8-5-4-6-9-14)12-19-15(22)10-7-11-21-16(23)18(2,3)20-17(21)24/h4-6,8-9,13H,7,10-12H2,1-3H3,(H,19,22)(H,20,24). The van der Waals surface area contributed by atoms with Crippen LogP contribution in [-0.2, 0) is 9.59 Å². The fraction of sp³-hybridized carbons (Fsp3) is 0.500. The Labute approximate surface area is 142 Å². The topological polar surface area (TPSA) is 78.5 Å². The van der Waals surface area contributed by atoms with Crippen LogP contribution in [0.3, 0.4) is 0 Å². The largest absolute Gasteiger partial charge is 0.356 e. The Balaban J connectivity index is 1.70. The van der Waals surface area contributed by atoms with Crippen molar-refractivity contribution in [3.05, 3.63) is 35.9 Å². The third-order valence-corrected chi connectivity index (χ3v) is 4.20. The Morgan fingerprint density at radius 1 is 1.25 bits per heavy atom. The molecule has 6 nitrogen and oxygen atoms in total. The predicted octanol–water partition coefficient (Wildman–Crippen LogP) is 2.02. The summed E-state index contributed by atoms with van der Waals surface area (Å²) in [5.74, 6) is -0.0726. The van der Waals surface area contributed by atoms with Gasteiger partial charge in [-0.15, -0.1) is 0 Å². The summed E-state index contributed by atoms with van der Waals surface area (Å²) in [5.41, 5.74) is 0.323. The van der Waals surface area contributed by atoms with Crippen molar-refractivity contribution in [1.82, 2.24) is 15.5 Å². The number of imide groups is 1. The lowest BCUT2D eigenvalue weighted by atomic mass is 10.0. The van der Waals surface area contributed by atoms with E-state index in [1.54, 1.807) is 13.8 Å². The van der Waals surface area contributed by atoms with Gasteiger partial charge in [-0.2, -0.15) is 0 Å². The third-order valence-electron chi connectivity index (χ3n) is 4.20. The van der Waals surface area contributed by atoms with E-state index in [0.29, 0.717) is 19.4 Å². The molecule has 1 aliphatic rings. The molecule has 0 aromatic heterocycles. The van der Waals surface area contributed by atoms with Crippen molar-refractivity contribution in [2.75, 3.05) is 13.1 Å². The molecule has 0 bridgehead atoms. The maximum Gasteiger partial charge on any atom is 0.325 e. The van der Waals surface area contributed by atoms with E-state index in [1.165, 1.54) is 10.5 Å². The van der Waals surface area contributed by atoms with Gasteiger partial charge in [0, 0.05) is 19.5 Å². The molecule has 1 atom stereocenters. The number of nitrogens with zero attached hydrogens (tertiary/aromatic N) is 1. The van der Waals surface area contributed by atoms with Crippen LogP contribution >= 0.6 is 0 Å². The first-order valence-electron chi connectivity index (χ1n) is 8.27. The molecular formula is C18H25N3O3. The number of nitrogens with one attached hydrogen (secondary N) is 2. The van der Waals surface area contributed by atoms with E-state index in [9.17, 15) is 14.4 Å². The maximum absolute atomic E-state index is 12.0. The van der Waals surface area contributed by atoms with Gasteiger partial charge in [0.25, 0.3) is 5.91 Å². The molecule has 0 radical (unpaired) electrons. The van der Waals surface area contributed by atoms with E-state index in [0.717, 1.165) is 0 Å². The van der Waals surface area contributed by atoms with Gasteiger partial charge in [-0.1, -0.05) is 37.3 Å². The molecule has 24 heavy (non-hydrogen) atoms. The van der Waals surface area contributed by atoms with Crippen LogP contribution in [0.25, 0.3) is 0 Å². The predicted molar refractivity (Wildman–Crippen MR) is 91.4 cm³/mol. The highest BCUT2D eigenvalue weighted by atomic mass is 16.2. The fourth-order valence-corrected chi connectivity index (χ4v) is 2.67. The minimum atomic E-state index is -0.857. The normalized spacial score (nSPS) is 17.5. The highest BCUT2D eigenvalue weighted by molar-refractivity contribution is 6.06. The molecule has 4 amide bonds. The SMILES string of the molecule is CC(CNC(=O)CCCN1C(=O)NC(C)(C)C1=O)c1ccccc1. The Kier molecular flexibility index (Phi) is 5.59. The number of carbonyl (C=O) groups is 3. The number of urea groups is 1. The quantitative estimate of drug-likeness (QED) is 0.750. The molecule has 0 aliphatic carbocycles. The van der Waals surface area contributed by atoms with Crippen molar-refractivity contribution < 1.29 is 14.4 Å². The van der Waals surface area contributed by atoms with E-state index in [1.807, 2.05) is 30.3 Å². The van der Waals surface area contributed by atoms with Gasteiger partial charge in [-0.05, 0) is 31.7 Å². The van der Waals surface area contributed by atoms with Gasteiger partial charge in [0.05, 0.1) is 0 Å². The molecule has 0 saturated carbocycles. The molecule has 1 aliphatic heterocycles. The summed E-state index contributed by atoms with van der Waals surface area (Å²) in [6, 6.07) is 9.61. The van der Waals surface area contributed by atoms with Crippen molar-refractivity contribution in [1.29, 1.82) is 0 Å². The van der Waals surface area contributed by atoms with E-state index in [4.69, 9.17) is 0 Å². The summed E-state index contributed by atoms with van der Waals surface area (Å²) < 4.78 is 0. The monoisotopic (exact) mass is 331 g/mol. The second-order valence-electron chi connectivity index (χ2n) is 6.73. The third kappa shape index (κ3) is 4.34. The van der Waals surface area contributed by atoms with Crippen LogP contribution in [0.1, 0.15) is 45.1 Å². The second kappa shape index (κ2) is 7.47. The molecule has 0 spiro atoms. The van der Waals surface area contributed by atoms with Crippen LogP contribution in [0.5, 0.6) is 0 Å². The van der Waals surface area contributed by atoms with Crippen LogP contribution in [0.2, 0.25) is 0 Å². The first kappa shape index (κ1) is 18.0. The summed E-state index contributed by atoms with van der Waals surface area (Å²) in [6.07, 6.45) is 0.750. The van der Waals surface area contributed by atoms with Gasteiger partial charge in [0.15, 0.2) is 0 Å². The average Bonchev–Trinajstić information content (AvgIpc) is 2.75. The van der Waals surface area contributed by atoms with E-state index >= 15 is 0 Å². The number of carbonyl (C=O) groups excluding carboxylic acids is 3. The van der Waals surface area contributed by atoms with Crippen molar-refractivity contribution in [3.63, 3.8) is 0 Å². The molecule has 1 heterocycles. The second-order valence-corrected chi connectivity index (χ2v) is 6.73. The summed E-state index contributed by atoms with van der Waals surface area (Å²) >= 11 is 0. The lowest BCUT2D eigenvalue weighted by Gasteiger charge is -2.16. The van der Waals surface area contributed by atoms with Crippen LogP contribution in [0.4, 0.5) is 4.79 Å². The number of hydrogen-bond donors (Lipinski definition) is 2. The Morgan fingerprint density at radius 3 is 2.50 bits per heavy atom. The van der Waals surface area contributed by atoms with E-state index in [2.05, 4.69) is 17.6 Å². The molecule has 1 aromatic rings. The van der Waals surface area contributed by atoms with Gasteiger partial charge in [-0.25, -0.2) is 4.79 Å². The molecule has 2 rings (SSSR count). The van der Waals surface area contributed by atoms with Crippen LogP contribution in [0, 0.1) is 0 Å². The zero-order valence-electron chi connectivity index (χ0n) is 14.5. The summed E-state index contributed by atoms with van der Waals surface area (Å²) in [4.78, 5) is 36.9. The number of amides is 4. The van der Waals surface area contributed by atoms with Gasteiger partial charge < -0.3 is 10.6 Å². The fourth-order valence-electron chi connectivity index (χ4n) is 2.67. The first-order chi connectivity index (χ1) is 11.3. The van der Waals surface area contributed by atoms with Crippen molar-refractivity contribution in [3.8, 4) is 0 Å². The Morgan fingerprint density at radius 2 is 1.92 bits per heavy atom. The minimum Gasteiger partial charge on any atom is -0.356 e. The summed E-state index contributed by atoms with van der Waals surface area (Å²) in [7, 11) is 0. The van der Waals surface area contributed by atoms with Gasteiger partial charge in [-0.3, -0.25) is 14.5 Å². The van der Waals surface area contributed by atoms with Crippen molar-refractivity contribution in [2.24, 2.45) is 0 Å². The van der Waals surface area contributed by atoms with E-state index < -0.39 is 5.54 Å². The lowest BCUT2D eigenvalue weighted by molar-refractivity contribution is -0.130. The maximum atomic E-state index is 12.0. The number of hydrogen-bond acceptors (Lipinski definition) is 3. The first-order valence-corrected chi connectivity index (χ1v) is 8.27. The molecule has 6 heteroatoms. The highest BCUT2D eigenvalue weighted by Crippen LogP contribution is 2.17. The Hall–Kier alpha value is -2.37. The van der Waals surface area contributed by atoms with E-state index in [-0.39, 0.29) is 30.3 Å². The summed E-state index contributed by atoms with van der Waals surface area (Å²) in [6.45, 7) is 6.23. The molecular weight excluding hydrogens is 306 g/mol. The zero-order valence-corrected chi connectivity index (χ0v) is 14.5. The van der Waals surface area contributed by atoms with Crippen LogP contribution < -0.4 is 10.6 Å². The molecule has 1 fully saturated rings. The van der Waals surface area contributed by atoms with Gasteiger partial charge in [0.2, 0.25) is 5.91 Å². The van der Waals surface area contributed by atoms with Gasteiger partial charge in [0.1, 0.15) is 5.54 Å².